The van der Waals surface area contributed by atoms with Gasteiger partial charge in [0.25, 0.3) is 0 Å². The first-order valence-corrected chi connectivity index (χ1v) is 7.35. The van der Waals surface area contributed by atoms with Gasteiger partial charge < -0.3 is 4.74 Å². The van der Waals surface area contributed by atoms with E-state index in [9.17, 15) is 4.79 Å². The van der Waals surface area contributed by atoms with Crippen molar-refractivity contribution in [1.82, 2.24) is 0 Å². The van der Waals surface area contributed by atoms with Crippen molar-refractivity contribution >= 4 is 34.1 Å². The topological polar surface area (TPSA) is 26.3 Å². The summed E-state index contributed by atoms with van der Waals surface area (Å²) in [6.07, 6.45) is 6.90. The third kappa shape index (κ3) is 5.79. The summed E-state index contributed by atoms with van der Waals surface area (Å²) in [6, 6.07) is 17.5. The molecule has 0 fully saturated rings. The van der Waals surface area contributed by atoms with Crippen LogP contribution in [0.4, 0.5) is 0 Å². The minimum Gasteiger partial charge on any atom is -0.458 e. The lowest BCUT2D eigenvalue weighted by molar-refractivity contribution is -0.136. The second kappa shape index (κ2) is 8.22. The normalized spacial score (nSPS) is 11.1. The summed E-state index contributed by atoms with van der Waals surface area (Å²) in [6.45, 7) is 0.258. The summed E-state index contributed by atoms with van der Waals surface area (Å²) >= 11 is 3.38. The summed E-state index contributed by atoms with van der Waals surface area (Å²) in [4.78, 5) is 11.5. The molecule has 0 atom stereocenters. The molecule has 0 aliphatic heterocycles. The fourth-order valence-electron chi connectivity index (χ4n) is 1.66. The molecule has 106 valence electrons. The van der Waals surface area contributed by atoms with Crippen molar-refractivity contribution in [2.45, 2.75) is 0 Å². The number of carbonyl (C=O) groups is 1. The van der Waals surface area contributed by atoms with E-state index < -0.39 is 0 Å². The van der Waals surface area contributed by atoms with Gasteiger partial charge in [0.1, 0.15) is 6.61 Å². The molecule has 0 radical (unpaired) electrons. The van der Waals surface area contributed by atoms with Gasteiger partial charge in [-0.25, -0.2) is 4.79 Å². The quantitative estimate of drug-likeness (QED) is 0.580. The van der Waals surface area contributed by atoms with Gasteiger partial charge in [-0.3, -0.25) is 0 Å². The number of carbonyl (C=O) groups excluding carboxylic acids is 1. The van der Waals surface area contributed by atoms with E-state index in [1.165, 1.54) is 6.08 Å². The lowest BCUT2D eigenvalue weighted by Crippen LogP contribution is -1.99. The van der Waals surface area contributed by atoms with E-state index in [4.69, 9.17) is 4.74 Å². The van der Waals surface area contributed by atoms with Gasteiger partial charge in [-0.2, -0.15) is 0 Å². The van der Waals surface area contributed by atoms with Crippen molar-refractivity contribution in [3.05, 3.63) is 82.3 Å². The molecular formula is C18H15BrO2. The molecule has 0 aromatic heterocycles. The van der Waals surface area contributed by atoms with E-state index in [-0.39, 0.29) is 12.6 Å². The highest BCUT2D eigenvalue weighted by Gasteiger charge is 1.94. The monoisotopic (exact) mass is 342 g/mol. The van der Waals surface area contributed by atoms with Gasteiger partial charge in [-0.15, -0.1) is 0 Å². The van der Waals surface area contributed by atoms with Crippen LogP contribution in [0.15, 0.2) is 71.2 Å². The molecule has 2 aromatic rings. The number of halogens is 1. The first-order chi connectivity index (χ1) is 10.2. The largest absolute Gasteiger partial charge is 0.458 e. The summed E-state index contributed by atoms with van der Waals surface area (Å²) in [5.41, 5.74) is 2.04. The van der Waals surface area contributed by atoms with Gasteiger partial charge in [0.2, 0.25) is 0 Å². The average molecular weight is 343 g/mol. The van der Waals surface area contributed by atoms with Crippen molar-refractivity contribution < 1.29 is 9.53 Å². The number of hydrogen-bond donors (Lipinski definition) is 0. The number of benzene rings is 2. The van der Waals surface area contributed by atoms with E-state index in [0.29, 0.717) is 0 Å². The fourth-order valence-corrected chi connectivity index (χ4v) is 1.93. The van der Waals surface area contributed by atoms with Crippen molar-refractivity contribution in [1.29, 1.82) is 0 Å². The maximum atomic E-state index is 11.5. The van der Waals surface area contributed by atoms with Gasteiger partial charge in [0.15, 0.2) is 0 Å². The minimum absolute atomic E-state index is 0.258. The lowest BCUT2D eigenvalue weighted by atomic mass is 10.2. The SMILES string of the molecule is O=C(/C=C/c1ccccc1)OC/C=C/c1ccc(Br)cc1. The fraction of sp³-hybridized carbons (Fsp3) is 0.0556. The van der Waals surface area contributed by atoms with E-state index in [0.717, 1.165) is 15.6 Å². The van der Waals surface area contributed by atoms with Crippen LogP contribution in [-0.4, -0.2) is 12.6 Å². The second-order valence-electron chi connectivity index (χ2n) is 4.33. The minimum atomic E-state index is -0.348. The molecular weight excluding hydrogens is 328 g/mol. The summed E-state index contributed by atoms with van der Waals surface area (Å²) in [5.74, 6) is -0.348. The molecule has 0 saturated heterocycles. The van der Waals surface area contributed by atoms with Gasteiger partial charge >= 0.3 is 5.97 Å². The first kappa shape index (κ1) is 15.3. The van der Waals surface area contributed by atoms with Crippen LogP contribution in [0.25, 0.3) is 12.2 Å². The van der Waals surface area contributed by atoms with Gasteiger partial charge in [0.05, 0.1) is 0 Å². The molecule has 0 spiro atoms. The van der Waals surface area contributed by atoms with Crippen LogP contribution in [0.2, 0.25) is 0 Å². The van der Waals surface area contributed by atoms with Crippen molar-refractivity contribution in [3.8, 4) is 0 Å². The number of ether oxygens (including phenoxy) is 1. The molecule has 0 aliphatic carbocycles. The highest BCUT2D eigenvalue weighted by molar-refractivity contribution is 9.10. The van der Waals surface area contributed by atoms with Crippen LogP contribution in [-0.2, 0) is 9.53 Å². The molecule has 2 nitrogen and oxygen atoms in total. The number of rotatable bonds is 5. The highest BCUT2D eigenvalue weighted by Crippen LogP contribution is 2.11. The van der Waals surface area contributed by atoms with Crippen LogP contribution in [0.5, 0.6) is 0 Å². The van der Waals surface area contributed by atoms with E-state index in [1.54, 1.807) is 6.08 Å². The second-order valence-corrected chi connectivity index (χ2v) is 5.24. The van der Waals surface area contributed by atoms with Crippen LogP contribution in [0.1, 0.15) is 11.1 Å². The Bertz CT molecular complexity index is 628. The Morgan fingerprint density at radius 1 is 0.952 bits per heavy atom. The Morgan fingerprint density at radius 2 is 1.62 bits per heavy atom. The molecule has 0 bridgehead atoms. The maximum Gasteiger partial charge on any atom is 0.331 e. The number of hydrogen-bond acceptors (Lipinski definition) is 2. The summed E-state index contributed by atoms with van der Waals surface area (Å²) < 4.78 is 6.13. The summed E-state index contributed by atoms with van der Waals surface area (Å²) in [5, 5.41) is 0. The standard InChI is InChI=1S/C18H15BrO2/c19-17-11-8-16(9-12-17)7-4-14-21-18(20)13-10-15-5-2-1-3-6-15/h1-13H,14H2/b7-4+,13-10+. The van der Waals surface area contributed by atoms with Crippen molar-refractivity contribution in [2.24, 2.45) is 0 Å². The summed E-state index contributed by atoms with van der Waals surface area (Å²) in [7, 11) is 0. The molecule has 0 saturated carbocycles. The van der Waals surface area contributed by atoms with Gasteiger partial charge in [0, 0.05) is 10.5 Å². The smallest absolute Gasteiger partial charge is 0.331 e. The molecule has 0 heterocycles. The van der Waals surface area contributed by atoms with Crippen molar-refractivity contribution in [3.63, 3.8) is 0 Å². The Labute approximate surface area is 132 Å². The molecule has 0 N–H and O–H groups in total. The zero-order valence-corrected chi connectivity index (χ0v) is 13.0. The molecule has 0 amide bonds. The number of esters is 1. The molecule has 2 aromatic carbocycles. The predicted octanol–water partition coefficient (Wildman–Crippen LogP) is 4.72. The Balaban J connectivity index is 1.76. The lowest BCUT2D eigenvalue weighted by Gasteiger charge is -1.97. The van der Waals surface area contributed by atoms with E-state index >= 15 is 0 Å². The highest BCUT2D eigenvalue weighted by atomic mass is 79.9. The third-order valence-corrected chi connectivity index (χ3v) is 3.24. The first-order valence-electron chi connectivity index (χ1n) is 6.56. The Morgan fingerprint density at radius 3 is 2.33 bits per heavy atom. The molecule has 0 aliphatic rings. The molecule has 0 unspecified atom stereocenters. The zero-order valence-electron chi connectivity index (χ0n) is 11.4. The Kier molecular flexibility index (Phi) is 5.98. The van der Waals surface area contributed by atoms with E-state index in [2.05, 4.69) is 15.9 Å². The van der Waals surface area contributed by atoms with Crippen LogP contribution in [0.3, 0.4) is 0 Å². The molecule has 3 heteroatoms. The Hall–Kier alpha value is -2.13. The molecule has 21 heavy (non-hydrogen) atoms. The van der Waals surface area contributed by atoms with Crippen LogP contribution >= 0.6 is 15.9 Å². The molecule has 2 rings (SSSR count). The van der Waals surface area contributed by atoms with E-state index in [1.807, 2.05) is 66.7 Å². The van der Waals surface area contributed by atoms with Crippen molar-refractivity contribution in [2.75, 3.05) is 6.61 Å². The third-order valence-electron chi connectivity index (χ3n) is 2.71. The average Bonchev–Trinajstić information content (AvgIpc) is 2.52. The van der Waals surface area contributed by atoms with Crippen LogP contribution in [0, 0.1) is 0 Å². The van der Waals surface area contributed by atoms with Crippen LogP contribution < -0.4 is 0 Å². The van der Waals surface area contributed by atoms with Gasteiger partial charge in [-0.05, 0) is 35.4 Å². The van der Waals surface area contributed by atoms with Gasteiger partial charge in [-0.1, -0.05) is 64.5 Å². The zero-order chi connectivity index (χ0) is 14.9. The maximum absolute atomic E-state index is 11.5. The predicted molar refractivity (Wildman–Crippen MR) is 89.6 cm³/mol.